The minimum absolute atomic E-state index is 0. The zero-order valence-electron chi connectivity index (χ0n) is 8.12. The van der Waals surface area contributed by atoms with Crippen LogP contribution in [0.1, 0.15) is 13.8 Å². The topological polar surface area (TPSA) is 73.5 Å². The first kappa shape index (κ1) is 14.8. The van der Waals surface area contributed by atoms with Crippen molar-refractivity contribution >= 4 is 5.96 Å². The maximum absolute atomic E-state index is 5.34. The fourth-order valence-corrected chi connectivity index (χ4v) is 0.716. The molecule has 0 aromatic carbocycles. The van der Waals surface area contributed by atoms with Crippen molar-refractivity contribution in [1.29, 1.82) is 0 Å². The van der Waals surface area contributed by atoms with Crippen LogP contribution >= 0.6 is 0 Å². The van der Waals surface area contributed by atoms with E-state index in [4.69, 9.17) is 21.0 Å². The highest BCUT2D eigenvalue weighted by atomic mass is 35.5. The molecule has 0 fully saturated rings. The minimum atomic E-state index is 0. The summed E-state index contributed by atoms with van der Waals surface area (Å²) in [6.45, 7) is 6.16. The molecule has 6 heteroatoms. The highest BCUT2D eigenvalue weighted by Crippen LogP contribution is 1.80. The van der Waals surface area contributed by atoms with Gasteiger partial charge >= 0.3 is 5.96 Å². The zero-order valence-corrected chi connectivity index (χ0v) is 8.88. The van der Waals surface area contributed by atoms with Gasteiger partial charge in [-0.1, -0.05) is 4.74 Å². The van der Waals surface area contributed by atoms with Crippen LogP contribution in [0.4, 0.5) is 0 Å². The first-order valence-corrected chi connectivity index (χ1v) is 4.08. The number of hydroxylamine groups is 1. The van der Waals surface area contributed by atoms with Crippen molar-refractivity contribution in [2.45, 2.75) is 13.8 Å². The molecule has 0 unspecified atom stereocenters. The molecule has 0 radical (unpaired) electrons. The highest BCUT2D eigenvalue weighted by Gasteiger charge is 2.03. The summed E-state index contributed by atoms with van der Waals surface area (Å²) in [6, 6.07) is 0. The molecule has 0 rings (SSSR count). The number of nitrogens with zero attached hydrogens (tertiary/aromatic N) is 1. The summed E-state index contributed by atoms with van der Waals surface area (Å²) < 4.78 is 6.54. The van der Waals surface area contributed by atoms with E-state index in [1.54, 1.807) is 0 Å². The van der Waals surface area contributed by atoms with Crippen LogP contribution in [-0.2, 0) is 9.57 Å². The highest BCUT2D eigenvalue weighted by molar-refractivity contribution is 5.69. The van der Waals surface area contributed by atoms with Gasteiger partial charge in [0.1, 0.15) is 13.2 Å². The van der Waals surface area contributed by atoms with E-state index in [0.29, 0.717) is 26.4 Å². The van der Waals surface area contributed by atoms with E-state index in [0.717, 1.165) is 0 Å². The Kier molecular flexibility index (Phi) is 10.7. The molecule has 0 atom stereocenters. The number of ether oxygens (including phenoxy) is 1. The molecule has 0 aliphatic heterocycles. The number of guanidine groups is 1. The minimum Gasteiger partial charge on any atom is -1.00 e. The molecule has 0 saturated heterocycles. The van der Waals surface area contributed by atoms with Gasteiger partial charge < -0.3 is 22.0 Å². The van der Waals surface area contributed by atoms with E-state index >= 15 is 0 Å². The summed E-state index contributed by atoms with van der Waals surface area (Å²) in [5.74, 6) is 0.163. The lowest BCUT2D eigenvalue weighted by Crippen LogP contribution is -3.00. The van der Waals surface area contributed by atoms with E-state index < -0.39 is 0 Å². The lowest BCUT2D eigenvalue weighted by molar-refractivity contribution is -0.788. The zero-order chi connectivity index (χ0) is 9.40. The van der Waals surface area contributed by atoms with Crippen LogP contribution in [0.25, 0.3) is 0 Å². The number of rotatable bonds is 6. The Hall–Kier alpha value is -0.680. The number of hydrogen-bond donors (Lipinski definition) is 2. The van der Waals surface area contributed by atoms with Crippen LogP contribution in [0, 0.1) is 0 Å². The first-order valence-electron chi connectivity index (χ1n) is 4.08. The Balaban J connectivity index is 0. The van der Waals surface area contributed by atoms with Gasteiger partial charge in [0.2, 0.25) is 0 Å². The number of nitrogens with two attached hydrogens (primary N) is 2. The maximum atomic E-state index is 5.34. The van der Waals surface area contributed by atoms with E-state index in [2.05, 4.69) is 0 Å². The van der Waals surface area contributed by atoms with Crippen LogP contribution in [0.3, 0.4) is 0 Å². The molecule has 0 aromatic heterocycles. The first-order chi connectivity index (χ1) is 5.72. The molecule has 0 saturated carbocycles. The Labute approximate surface area is 85.0 Å². The van der Waals surface area contributed by atoms with Crippen LogP contribution in [0.5, 0.6) is 0 Å². The third-order valence-corrected chi connectivity index (χ3v) is 1.22. The second kappa shape index (κ2) is 9.41. The molecule has 0 aliphatic carbocycles. The van der Waals surface area contributed by atoms with Gasteiger partial charge in [0.05, 0.1) is 6.61 Å². The van der Waals surface area contributed by atoms with E-state index in [-0.39, 0.29) is 18.4 Å². The second-order valence-corrected chi connectivity index (χ2v) is 2.14. The molecule has 80 valence electrons. The molecular weight excluding hydrogens is 194 g/mol. The molecular formula is C7H18ClN3O2. The quantitative estimate of drug-likeness (QED) is 0.156. The van der Waals surface area contributed by atoms with Gasteiger partial charge in [-0.05, 0) is 13.8 Å². The molecule has 13 heavy (non-hydrogen) atoms. The van der Waals surface area contributed by atoms with Crippen molar-refractivity contribution in [2.75, 3.05) is 26.4 Å². The Morgan fingerprint density at radius 3 is 2.23 bits per heavy atom. The van der Waals surface area contributed by atoms with Crippen LogP contribution in [0.15, 0.2) is 0 Å². The van der Waals surface area contributed by atoms with Gasteiger partial charge in [0.25, 0.3) is 0 Å². The third-order valence-electron chi connectivity index (χ3n) is 1.22. The van der Waals surface area contributed by atoms with E-state index in [1.165, 1.54) is 4.74 Å². The predicted octanol–water partition coefficient (Wildman–Crippen LogP) is -3.74. The Morgan fingerprint density at radius 1 is 1.23 bits per heavy atom. The molecule has 0 bridgehead atoms. The summed E-state index contributed by atoms with van der Waals surface area (Å²) in [6.07, 6.45) is 0. The van der Waals surface area contributed by atoms with Crippen molar-refractivity contribution in [1.82, 2.24) is 0 Å². The van der Waals surface area contributed by atoms with Gasteiger partial charge in [-0.25, -0.2) is 0 Å². The van der Waals surface area contributed by atoms with Gasteiger partial charge in [-0.2, -0.15) is 0 Å². The second-order valence-electron chi connectivity index (χ2n) is 2.14. The normalized spacial score (nSPS) is 8.77. The van der Waals surface area contributed by atoms with Crippen molar-refractivity contribution in [3.8, 4) is 0 Å². The average molecular weight is 212 g/mol. The summed E-state index contributed by atoms with van der Waals surface area (Å²) >= 11 is 0. The van der Waals surface area contributed by atoms with Crippen molar-refractivity contribution in [3.63, 3.8) is 0 Å². The number of halogens is 1. The molecule has 4 N–H and O–H groups in total. The smallest absolute Gasteiger partial charge is 0.377 e. The predicted molar refractivity (Wildman–Crippen MR) is 46.6 cm³/mol. The third kappa shape index (κ3) is 7.67. The SMILES string of the molecule is CCOCC[N+](OCC)=C(N)N.[Cl-]. The van der Waals surface area contributed by atoms with Crippen molar-refractivity contribution in [3.05, 3.63) is 0 Å². The Morgan fingerprint density at radius 2 is 1.85 bits per heavy atom. The van der Waals surface area contributed by atoms with Crippen LogP contribution in [0.2, 0.25) is 0 Å². The monoisotopic (exact) mass is 211 g/mol. The summed E-state index contributed by atoms with van der Waals surface area (Å²) in [7, 11) is 0. The fourth-order valence-electron chi connectivity index (χ4n) is 0.716. The standard InChI is InChI=1S/C7H17N3O2.ClH/c1-3-11-6-5-10(7(8)9)12-4-2;/h3-6H2,1-2H3,(H3,8,9);1H. The molecule has 0 amide bonds. The fraction of sp³-hybridized carbons (Fsp3) is 0.857. The van der Waals surface area contributed by atoms with Crippen LogP contribution in [-0.4, -0.2) is 37.1 Å². The average Bonchev–Trinajstić information content (AvgIpc) is 2.03. The van der Waals surface area contributed by atoms with Crippen molar-refractivity contribution < 1.29 is 26.7 Å². The molecule has 0 aliphatic rings. The number of hydrogen-bond acceptors (Lipinski definition) is 2. The Bertz CT molecular complexity index is 149. The lowest BCUT2D eigenvalue weighted by atomic mass is 10.7. The summed E-state index contributed by atoms with van der Waals surface area (Å²) in [5, 5.41) is 0. The van der Waals surface area contributed by atoms with Crippen LogP contribution < -0.4 is 23.9 Å². The molecule has 0 spiro atoms. The summed E-state index contributed by atoms with van der Waals surface area (Å²) in [4.78, 5) is 5.12. The largest absolute Gasteiger partial charge is 1.00 e. The van der Waals surface area contributed by atoms with Gasteiger partial charge in [0, 0.05) is 6.61 Å². The van der Waals surface area contributed by atoms with E-state index in [9.17, 15) is 0 Å². The lowest BCUT2D eigenvalue weighted by Gasteiger charge is -2.07. The van der Waals surface area contributed by atoms with Gasteiger partial charge in [0.15, 0.2) is 0 Å². The van der Waals surface area contributed by atoms with Crippen molar-refractivity contribution in [2.24, 2.45) is 11.5 Å². The summed E-state index contributed by atoms with van der Waals surface area (Å²) in [5.41, 5.74) is 10.7. The van der Waals surface area contributed by atoms with Gasteiger partial charge in [-0.3, -0.25) is 11.5 Å². The van der Waals surface area contributed by atoms with Gasteiger partial charge in [-0.15, -0.1) is 0 Å². The van der Waals surface area contributed by atoms with E-state index in [1.807, 2.05) is 13.8 Å². The molecule has 5 nitrogen and oxygen atoms in total. The molecule has 0 aromatic rings. The molecule has 0 heterocycles. The maximum Gasteiger partial charge on any atom is 0.377 e.